The van der Waals surface area contributed by atoms with E-state index in [4.69, 9.17) is 16.3 Å². The number of rotatable bonds is 5. The zero-order valence-electron chi connectivity index (χ0n) is 15.2. The van der Waals surface area contributed by atoms with E-state index >= 15 is 0 Å². The summed E-state index contributed by atoms with van der Waals surface area (Å²) in [4.78, 5) is 41.1. The first-order chi connectivity index (χ1) is 13.9. The number of nitrogens with one attached hydrogen (secondary N) is 2. The van der Waals surface area contributed by atoms with Gasteiger partial charge in [-0.05, 0) is 36.4 Å². The molecule has 0 atom stereocenters. The molecule has 150 valence electrons. The summed E-state index contributed by atoms with van der Waals surface area (Å²) >= 11 is 9.22. The summed E-state index contributed by atoms with van der Waals surface area (Å²) in [6, 6.07) is 9.78. The summed E-state index contributed by atoms with van der Waals surface area (Å²) in [5.41, 5.74) is 5.11. The van der Waals surface area contributed by atoms with Gasteiger partial charge in [0, 0.05) is 22.5 Å². The van der Waals surface area contributed by atoms with Crippen LogP contribution in [-0.4, -0.2) is 28.5 Å². The van der Waals surface area contributed by atoms with Crippen LogP contribution in [0.15, 0.2) is 52.0 Å². The number of hydrazine groups is 1. The lowest BCUT2D eigenvalue weighted by atomic mass is 10.2. The van der Waals surface area contributed by atoms with E-state index in [0.717, 1.165) is 4.47 Å². The maximum atomic E-state index is 12.5. The fraction of sp³-hybridized carbons (Fsp3) is 0.158. The van der Waals surface area contributed by atoms with Crippen LogP contribution < -0.4 is 21.1 Å². The third kappa shape index (κ3) is 4.93. The van der Waals surface area contributed by atoms with Gasteiger partial charge in [-0.15, -0.1) is 0 Å². The van der Waals surface area contributed by atoms with Gasteiger partial charge in [0.2, 0.25) is 5.91 Å². The summed E-state index contributed by atoms with van der Waals surface area (Å²) in [7, 11) is 1.42. The number of aryl methyl sites for hydroxylation is 1. The number of methoxy groups -OCH3 is 1. The molecule has 0 spiro atoms. The molecule has 2 N–H and O–H groups in total. The van der Waals surface area contributed by atoms with Gasteiger partial charge in [0.25, 0.3) is 11.5 Å². The van der Waals surface area contributed by atoms with E-state index in [0.29, 0.717) is 21.7 Å². The lowest BCUT2D eigenvalue weighted by Gasteiger charge is -2.11. The highest BCUT2D eigenvalue weighted by atomic mass is 79.9. The zero-order chi connectivity index (χ0) is 21.0. The number of carbonyl (C=O) groups excluding carboxylic acids is 2. The van der Waals surface area contributed by atoms with Crippen LogP contribution in [0.5, 0.6) is 5.75 Å². The van der Waals surface area contributed by atoms with Crippen LogP contribution in [0.3, 0.4) is 0 Å². The van der Waals surface area contributed by atoms with Gasteiger partial charge in [0.1, 0.15) is 5.75 Å². The number of hydrogen-bond acceptors (Lipinski definition) is 5. The summed E-state index contributed by atoms with van der Waals surface area (Å²) in [6.45, 7) is 0.108. The zero-order valence-corrected chi connectivity index (χ0v) is 17.6. The Labute approximate surface area is 178 Å². The number of carbonyl (C=O) groups is 2. The molecule has 8 nitrogen and oxygen atoms in total. The molecule has 2 aromatic carbocycles. The number of halogens is 2. The molecule has 0 aliphatic rings. The van der Waals surface area contributed by atoms with E-state index in [1.54, 1.807) is 30.3 Å². The molecular weight excluding hydrogens is 464 g/mol. The molecule has 0 saturated carbocycles. The fourth-order valence-corrected chi connectivity index (χ4v) is 3.16. The molecule has 3 aromatic rings. The maximum absolute atomic E-state index is 12.5. The van der Waals surface area contributed by atoms with Gasteiger partial charge in [0.05, 0.1) is 29.9 Å². The standard InChI is InChI=1S/C19H16BrClN4O4/c1-29-16-5-3-12(21)9-14(16)18(27)24-23-17(26)6-7-25-10-22-15-4-2-11(20)8-13(15)19(25)28/h2-5,8-10H,6-7H2,1H3,(H,23,26)(H,24,27). The van der Waals surface area contributed by atoms with Crippen LogP contribution in [0.1, 0.15) is 16.8 Å². The van der Waals surface area contributed by atoms with Crippen molar-refractivity contribution in [2.45, 2.75) is 13.0 Å². The van der Waals surface area contributed by atoms with Gasteiger partial charge in [-0.3, -0.25) is 29.8 Å². The van der Waals surface area contributed by atoms with Crippen LogP contribution in [0, 0.1) is 0 Å². The molecule has 0 saturated heterocycles. The highest BCUT2D eigenvalue weighted by Gasteiger charge is 2.14. The first-order valence-corrected chi connectivity index (χ1v) is 9.63. The average Bonchev–Trinajstić information content (AvgIpc) is 2.71. The van der Waals surface area contributed by atoms with E-state index in [9.17, 15) is 14.4 Å². The molecule has 1 heterocycles. The molecule has 10 heteroatoms. The molecule has 29 heavy (non-hydrogen) atoms. The minimum atomic E-state index is -0.577. The van der Waals surface area contributed by atoms with Crippen LogP contribution in [-0.2, 0) is 11.3 Å². The van der Waals surface area contributed by atoms with Crippen molar-refractivity contribution >= 4 is 50.2 Å². The van der Waals surface area contributed by atoms with E-state index in [1.165, 1.54) is 24.1 Å². The van der Waals surface area contributed by atoms with E-state index < -0.39 is 11.8 Å². The van der Waals surface area contributed by atoms with Crippen LogP contribution >= 0.6 is 27.5 Å². The number of aromatic nitrogens is 2. The van der Waals surface area contributed by atoms with Crippen molar-refractivity contribution in [3.05, 3.63) is 68.1 Å². The largest absolute Gasteiger partial charge is 0.496 e. The Kier molecular flexibility index (Phi) is 6.50. The Morgan fingerprint density at radius 1 is 1.21 bits per heavy atom. The Balaban J connectivity index is 1.61. The number of benzene rings is 2. The van der Waals surface area contributed by atoms with Crippen molar-refractivity contribution in [1.29, 1.82) is 0 Å². The van der Waals surface area contributed by atoms with Crippen LogP contribution in [0.2, 0.25) is 5.02 Å². The Morgan fingerprint density at radius 3 is 2.76 bits per heavy atom. The van der Waals surface area contributed by atoms with Crippen molar-refractivity contribution in [3.8, 4) is 5.75 Å². The molecule has 0 unspecified atom stereocenters. The minimum absolute atomic E-state index is 0.0337. The normalized spacial score (nSPS) is 10.6. The van der Waals surface area contributed by atoms with E-state index in [1.807, 2.05) is 0 Å². The molecule has 1 aromatic heterocycles. The minimum Gasteiger partial charge on any atom is -0.496 e. The second-order valence-electron chi connectivity index (χ2n) is 6.00. The maximum Gasteiger partial charge on any atom is 0.273 e. The van der Waals surface area contributed by atoms with Gasteiger partial charge in [-0.1, -0.05) is 27.5 Å². The van der Waals surface area contributed by atoms with E-state index in [-0.39, 0.29) is 24.1 Å². The monoisotopic (exact) mass is 478 g/mol. The third-order valence-corrected chi connectivity index (χ3v) is 4.82. The van der Waals surface area contributed by atoms with Crippen molar-refractivity contribution < 1.29 is 14.3 Å². The Morgan fingerprint density at radius 2 is 2.00 bits per heavy atom. The van der Waals surface area contributed by atoms with Gasteiger partial charge < -0.3 is 4.74 Å². The second kappa shape index (κ2) is 9.06. The molecule has 0 aliphatic heterocycles. The summed E-state index contributed by atoms with van der Waals surface area (Å²) < 4.78 is 7.22. The second-order valence-corrected chi connectivity index (χ2v) is 7.35. The molecule has 3 rings (SSSR count). The first kappa shape index (κ1) is 20.8. The smallest absolute Gasteiger partial charge is 0.273 e. The predicted octanol–water partition coefficient (Wildman–Crippen LogP) is 2.67. The highest BCUT2D eigenvalue weighted by molar-refractivity contribution is 9.10. The van der Waals surface area contributed by atoms with Gasteiger partial charge in [-0.2, -0.15) is 0 Å². The molecule has 0 bridgehead atoms. The number of hydrogen-bond donors (Lipinski definition) is 2. The lowest BCUT2D eigenvalue weighted by Crippen LogP contribution is -2.42. The highest BCUT2D eigenvalue weighted by Crippen LogP contribution is 2.22. The van der Waals surface area contributed by atoms with Crippen molar-refractivity contribution in [2.75, 3.05) is 7.11 Å². The summed E-state index contributed by atoms with van der Waals surface area (Å²) in [5.74, 6) is -0.728. The predicted molar refractivity (Wildman–Crippen MR) is 112 cm³/mol. The Bertz CT molecular complexity index is 1150. The average molecular weight is 480 g/mol. The van der Waals surface area contributed by atoms with Crippen molar-refractivity contribution in [2.24, 2.45) is 0 Å². The lowest BCUT2D eigenvalue weighted by molar-refractivity contribution is -0.122. The number of fused-ring (bicyclic) bond motifs is 1. The van der Waals surface area contributed by atoms with E-state index in [2.05, 4.69) is 31.8 Å². The SMILES string of the molecule is COc1ccc(Cl)cc1C(=O)NNC(=O)CCn1cnc2ccc(Br)cc2c1=O. The van der Waals surface area contributed by atoms with Crippen molar-refractivity contribution in [3.63, 3.8) is 0 Å². The third-order valence-electron chi connectivity index (χ3n) is 4.09. The number of ether oxygens (including phenoxy) is 1. The first-order valence-electron chi connectivity index (χ1n) is 8.46. The van der Waals surface area contributed by atoms with Gasteiger partial charge in [-0.25, -0.2) is 4.98 Å². The number of amides is 2. The van der Waals surface area contributed by atoms with Crippen molar-refractivity contribution in [1.82, 2.24) is 20.4 Å². The quantitative estimate of drug-likeness (QED) is 0.548. The fourth-order valence-electron chi connectivity index (χ4n) is 2.63. The van der Waals surface area contributed by atoms with Gasteiger partial charge in [0.15, 0.2) is 0 Å². The van der Waals surface area contributed by atoms with Crippen LogP contribution in [0.25, 0.3) is 10.9 Å². The molecule has 2 amide bonds. The molecule has 0 fully saturated rings. The topological polar surface area (TPSA) is 102 Å². The molecular formula is C19H16BrClN4O4. The Hall–Kier alpha value is -2.91. The molecule has 0 aliphatic carbocycles. The van der Waals surface area contributed by atoms with Gasteiger partial charge >= 0.3 is 0 Å². The number of nitrogens with zero attached hydrogens (tertiary/aromatic N) is 2. The summed E-state index contributed by atoms with van der Waals surface area (Å²) in [6.07, 6.45) is 1.36. The molecule has 0 radical (unpaired) electrons. The summed E-state index contributed by atoms with van der Waals surface area (Å²) in [5, 5.41) is 0.806. The van der Waals surface area contributed by atoms with Crippen LogP contribution in [0.4, 0.5) is 0 Å².